The number of hydrogen-bond donors (Lipinski definition) is 0. The van der Waals surface area contributed by atoms with Crippen LogP contribution in [0, 0.1) is 0 Å². The van der Waals surface area contributed by atoms with Crippen LogP contribution in [0.25, 0.3) is 0 Å². The number of nitrogens with zero attached hydrogens (tertiary/aromatic N) is 1. The standard InChI is InChI=1S/C8H16ClNO2S/c1-8-4-2-3-6-10(8)13(11,12)7-5-9/h8H,2-7H2,1H3. The fourth-order valence-corrected chi connectivity index (χ4v) is 3.78. The Bertz CT molecular complexity index is 253. The molecule has 1 atom stereocenters. The van der Waals surface area contributed by atoms with Crippen LogP contribution in [-0.2, 0) is 10.0 Å². The molecule has 0 aromatic heterocycles. The summed E-state index contributed by atoms with van der Waals surface area (Å²) in [6.45, 7) is 2.63. The molecule has 1 aliphatic heterocycles. The summed E-state index contributed by atoms with van der Waals surface area (Å²) in [5, 5.41) is 0. The van der Waals surface area contributed by atoms with Crippen LogP contribution < -0.4 is 0 Å². The van der Waals surface area contributed by atoms with Crippen LogP contribution in [0.5, 0.6) is 0 Å². The number of halogens is 1. The maximum atomic E-state index is 11.6. The lowest BCUT2D eigenvalue weighted by Crippen LogP contribution is -2.43. The zero-order valence-corrected chi connectivity index (χ0v) is 9.44. The molecule has 0 radical (unpaired) electrons. The largest absolute Gasteiger partial charge is 0.215 e. The first-order valence-electron chi connectivity index (χ1n) is 4.63. The highest BCUT2D eigenvalue weighted by Gasteiger charge is 2.28. The Hall–Kier alpha value is 0.200. The van der Waals surface area contributed by atoms with Crippen LogP contribution in [0.3, 0.4) is 0 Å². The summed E-state index contributed by atoms with van der Waals surface area (Å²) in [7, 11) is -3.08. The Labute approximate surface area is 85.1 Å². The Balaban J connectivity index is 2.68. The minimum atomic E-state index is -3.08. The predicted molar refractivity (Wildman–Crippen MR) is 54.5 cm³/mol. The Morgan fingerprint density at radius 2 is 2.15 bits per heavy atom. The van der Waals surface area contributed by atoms with Crippen molar-refractivity contribution in [1.29, 1.82) is 0 Å². The molecule has 0 aromatic rings. The molecule has 0 aromatic carbocycles. The van der Waals surface area contributed by atoms with Crippen LogP contribution in [0.1, 0.15) is 26.2 Å². The van der Waals surface area contributed by atoms with Crippen molar-refractivity contribution in [3.05, 3.63) is 0 Å². The molecule has 5 heteroatoms. The van der Waals surface area contributed by atoms with Gasteiger partial charge in [0.15, 0.2) is 0 Å². The number of hydrogen-bond acceptors (Lipinski definition) is 2. The summed E-state index contributed by atoms with van der Waals surface area (Å²) in [4.78, 5) is 0. The predicted octanol–water partition coefficient (Wildman–Crippen LogP) is 1.43. The monoisotopic (exact) mass is 225 g/mol. The van der Waals surface area contributed by atoms with Crippen molar-refractivity contribution in [1.82, 2.24) is 4.31 Å². The van der Waals surface area contributed by atoms with Gasteiger partial charge in [-0.15, -0.1) is 11.6 Å². The summed E-state index contributed by atoms with van der Waals surface area (Å²) in [5.74, 6) is 0.254. The molecule has 78 valence electrons. The quantitative estimate of drug-likeness (QED) is 0.682. The number of rotatable bonds is 3. The van der Waals surface area contributed by atoms with Gasteiger partial charge in [-0.2, -0.15) is 4.31 Å². The fraction of sp³-hybridized carbons (Fsp3) is 1.00. The van der Waals surface area contributed by atoms with Gasteiger partial charge in [0.25, 0.3) is 0 Å². The van der Waals surface area contributed by atoms with E-state index >= 15 is 0 Å². The molecule has 13 heavy (non-hydrogen) atoms. The van der Waals surface area contributed by atoms with Gasteiger partial charge in [0.2, 0.25) is 10.0 Å². The van der Waals surface area contributed by atoms with Gasteiger partial charge < -0.3 is 0 Å². The molecule has 0 aliphatic carbocycles. The van der Waals surface area contributed by atoms with E-state index in [2.05, 4.69) is 0 Å². The molecule has 1 unspecified atom stereocenters. The SMILES string of the molecule is CC1CCCCN1S(=O)(=O)CCCl. The molecule has 1 rings (SSSR count). The van der Waals surface area contributed by atoms with Crippen molar-refractivity contribution in [2.24, 2.45) is 0 Å². The summed E-state index contributed by atoms with van der Waals surface area (Å²) < 4.78 is 24.9. The minimum absolute atomic E-state index is 0.0683. The molecular weight excluding hydrogens is 210 g/mol. The van der Waals surface area contributed by atoms with E-state index in [0.717, 1.165) is 19.3 Å². The Morgan fingerprint density at radius 1 is 1.46 bits per heavy atom. The maximum absolute atomic E-state index is 11.6. The van der Waals surface area contributed by atoms with Crippen molar-refractivity contribution in [2.75, 3.05) is 18.2 Å². The topological polar surface area (TPSA) is 37.4 Å². The van der Waals surface area contributed by atoms with E-state index in [1.165, 1.54) is 0 Å². The van der Waals surface area contributed by atoms with Gasteiger partial charge >= 0.3 is 0 Å². The van der Waals surface area contributed by atoms with Crippen molar-refractivity contribution in [2.45, 2.75) is 32.2 Å². The second kappa shape index (κ2) is 4.62. The molecule has 0 N–H and O–H groups in total. The first kappa shape index (κ1) is 11.3. The molecule has 1 fully saturated rings. The third kappa shape index (κ3) is 2.82. The van der Waals surface area contributed by atoms with E-state index in [-0.39, 0.29) is 17.7 Å². The van der Waals surface area contributed by atoms with Crippen LogP contribution >= 0.6 is 11.6 Å². The highest BCUT2D eigenvalue weighted by molar-refractivity contribution is 7.89. The molecular formula is C8H16ClNO2S. The summed E-state index contributed by atoms with van der Waals surface area (Å²) in [5.41, 5.74) is 0. The van der Waals surface area contributed by atoms with Crippen molar-refractivity contribution in [3.63, 3.8) is 0 Å². The van der Waals surface area contributed by atoms with E-state index in [0.29, 0.717) is 6.54 Å². The van der Waals surface area contributed by atoms with E-state index < -0.39 is 10.0 Å². The third-order valence-corrected chi connectivity index (χ3v) is 4.82. The van der Waals surface area contributed by atoms with Gasteiger partial charge in [0, 0.05) is 18.5 Å². The number of alkyl halides is 1. The summed E-state index contributed by atoms with van der Waals surface area (Å²) in [6, 6.07) is 0.155. The Morgan fingerprint density at radius 3 is 2.69 bits per heavy atom. The zero-order chi connectivity index (χ0) is 9.90. The van der Waals surface area contributed by atoms with E-state index in [1.54, 1.807) is 4.31 Å². The lowest BCUT2D eigenvalue weighted by atomic mass is 10.1. The second-order valence-electron chi connectivity index (χ2n) is 3.46. The van der Waals surface area contributed by atoms with Crippen LogP contribution in [-0.4, -0.2) is 36.9 Å². The van der Waals surface area contributed by atoms with E-state index in [4.69, 9.17) is 11.6 Å². The molecule has 3 nitrogen and oxygen atoms in total. The summed E-state index contributed by atoms with van der Waals surface area (Å²) >= 11 is 5.45. The maximum Gasteiger partial charge on any atom is 0.215 e. The molecule has 0 spiro atoms. The Kier molecular flexibility index (Phi) is 4.01. The average Bonchev–Trinajstić information content (AvgIpc) is 2.04. The van der Waals surface area contributed by atoms with Crippen LogP contribution in [0.4, 0.5) is 0 Å². The van der Waals surface area contributed by atoms with Crippen molar-refractivity contribution < 1.29 is 8.42 Å². The van der Waals surface area contributed by atoms with E-state index in [1.807, 2.05) is 6.92 Å². The average molecular weight is 226 g/mol. The first-order valence-corrected chi connectivity index (χ1v) is 6.78. The van der Waals surface area contributed by atoms with E-state index in [9.17, 15) is 8.42 Å². The van der Waals surface area contributed by atoms with Crippen LogP contribution in [0.2, 0.25) is 0 Å². The van der Waals surface area contributed by atoms with Gasteiger partial charge in [-0.1, -0.05) is 6.42 Å². The van der Waals surface area contributed by atoms with Crippen molar-refractivity contribution in [3.8, 4) is 0 Å². The minimum Gasteiger partial charge on any atom is -0.212 e. The highest BCUT2D eigenvalue weighted by atomic mass is 35.5. The third-order valence-electron chi connectivity index (χ3n) is 2.43. The molecule has 0 amide bonds. The van der Waals surface area contributed by atoms with Gasteiger partial charge in [-0.3, -0.25) is 0 Å². The zero-order valence-electron chi connectivity index (χ0n) is 7.87. The van der Waals surface area contributed by atoms with Gasteiger partial charge in [0.05, 0.1) is 5.75 Å². The fourth-order valence-electron chi connectivity index (χ4n) is 1.70. The lowest BCUT2D eigenvalue weighted by molar-refractivity contribution is 0.269. The van der Waals surface area contributed by atoms with Gasteiger partial charge in [-0.25, -0.2) is 8.42 Å². The van der Waals surface area contributed by atoms with Gasteiger partial charge in [-0.05, 0) is 19.8 Å². The van der Waals surface area contributed by atoms with Crippen LogP contribution in [0.15, 0.2) is 0 Å². The molecule has 1 aliphatic rings. The first-order chi connectivity index (χ1) is 6.08. The van der Waals surface area contributed by atoms with Gasteiger partial charge in [0.1, 0.15) is 0 Å². The molecule has 1 heterocycles. The smallest absolute Gasteiger partial charge is 0.212 e. The molecule has 0 bridgehead atoms. The van der Waals surface area contributed by atoms with Crippen molar-refractivity contribution >= 4 is 21.6 Å². The molecule has 0 saturated carbocycles. The molecule has 1 saturated heterocycles. The number of piperidine rings is 1. The lowest BCUT2D eigenvalue weighted by Gasteiger charge is -2.32. The number of sulfonamides is 1. The highest BCUT2D eigenvalue weighted by Crippen LogP contribution is 2.20. The summed E-state index contributed by atoms with van der Waals surface area (Å²) in [6.07, 6.45) is 3.08. The normalized spacial score (nSPS) is 26.2. The second-order valence-corrected chi connectivity index (χ2v) is 5.88.